The number of aliphatic hydroxyl groups excluding tert-OH is 1. The largest absolute Gasteiger partial charge is 0.506 e. The Hall–Kier alpha value is -10.6. The molecule has 4 unspecified atom stereocenters. The van der Waals surface area contributed by atoms with E-state index in [1.165, 1.54) is 51.7 Å². The summed E-state index contributed by atoms with van der Waals surface area (Å²) in [5.74, 6) is -2.61. The van der Waals surface area contributed by atoms with Gasteiger partial charge in [-0.2, -0.15) is 9.97 Å². The molecule has 139 heavy (non-hydrogen) atoms. The summed E-state index contributed by atoms with van der Waals surface area (Å²) in [6.45, 7) is 37.9. The Kier molecular flexibility index (Phi) is 33.9. The van der Waals surface area contributed by atoms with Gasteiger partial charge in [-0.05, 0) is 60.5 Å². The molecule has 50 nitrogen and oxygen atoms in total. The summed E-state index contributed by atoms with van der Waals surface area (Å²) >= 11 is 0. The summed E-state index contributed by atoms with van der Waals surface area (Å²) in [4.78, 5) is 157. The molecule has 9 N–H and O–H groups in total. The minimum Gasteiger partial charge on any atom is -0.450 e. The lowest BCUT2D eigenvalue weighted by Gasteiger charge is -2.40. The zero-order valence-corrected chi connectivity index (χ0v) is 83.9. The Bertz CT molecular complexity index is 6380. The van der Waals surface area contributed by atoms with Crippen LogP contribution in [-0.2, 0) is 92.2 Å². The number of hydrogen-bond donors (Lipinski definition) is 9. The van der Waals surface area contributed by atoms with Crippen LogP contribution in [0, 0.1) is 25.0 Å². The van der Waals surface area contributed by atoms with Crippen molar-refractivity contribution >= 4 is 148 Å². The van der Waals surface area contributed by atoms with Gasteiger partial charge in [0.15, 0.2) is 91.5 Å². The number of rotatable bonds is 30. The van der Waals surface area contributed by atoms with Gasteiger partial charge in [-0.25, -0.2) is 66.9 Å². The Morgan fingerprint density at radius 1 is 0.640 bits per heavy atom. The van der Waals surface area contributed by atoms with Gasteiger partial charge in [0.05, 0.1) is 59.5 Å². The van der Waals surface area contributed by atoms with E-state index in [0.717, 1.165) is 0 Å². The van der Waals surface area contributed by atoms with Crippen LogP contribution in [0.5, 0.6) is 0 Å². The monoisotopic (exact) mass is 2040 g/mol. The maximum atomic E-state index is 14.8. The Labute approximate surface area is 802 Å². The highest BCUT2D eigenvalue weighted by Crippen LogP contribution is 2.58. The third-order valence-corrected chi connectivity index (χ3v) is 36.5. The number of nitrogens with zero attached hydrogens (tertiary/aromatic N) is 16. The molecule has 5 fully saturated rings. The van der Waals surface area contributed by atoms with Gasteiger partial charge in [-0.3, -0.25) is 94.8 Å². The number of benzene rings is 2. The van der Waals surface area contributed by atoms with E-state index in [1.54, 1.807) is 92.9 Å². The van der Waals surface area contributed by atoms with Gasteiger partial charge in [0, 0.05) is 42.9 Å². The van der Waals surface area contributed by atoms with Gasteiger partial charge in [-0.1, -0.05) is 106 Å². The molecule has 56 heteroatoms. The fourth-order valence-electron chi connectivity index (χ4n) is 14.3. The van der Waals surface area contributed by atoms with Crippen LogP contribution in [0.25, 0.3) is 54.3 Å². The molecule has 0 aliphatic carbocycles. The second-order valence-electron chi connectivity index (χ2n) is 35.8. The molecule has 4 amide bonds. The van der Waals surface area contributed by atoms with Crippen molar-refractivity contribution in [2.45, 2.75) is 204 Å². The normalized spacial score (nSPS) is 24.6. The van der Waals surface area contributed by atoms with Crippen LogP contribution in [0.3, 0.4) is 0 Å². The van der Waals surface area contributed by atoms with Crippen LogP contribution in [0.1, 0.15) is 129 Å². The number of imidazole rings is 4. The molecule has 2 aromatic carbocycles. The number of H-pyrrole nitrogens is 2. The molecule has 0 spiro atoms. The number of carbonyl (C=O) groups excluding carboxylic acids is 4. The van der Waals surface area contributed by atoms with E-state index in [4.69, 9.17) is 83.2 Å². The number of aromatic amines is 2. The maximum Gasteiger partial charge on any atom is 0.506 e. The number of anilines is 4. The number of aliphatic hydroxyl groups is 1. The number of fused-ring (bicyclic) bond motifs is 7. The van der Waals surface area contributed by atoms with Crippen molar-refractivity contribution in [3.8, 4) is 0 Å². The Morgan fingerprint density at radius 2 is 1.15 bits per heavy atom. The number of phosphoric acid groups is 2. The summed E-state index contributed by atoms with van der Waals surface area (Å²) < 4.78 is 139. The first-order chi connectivity index (χ1) is 66.5. The average Bonchev–Trinajstić information content (AvgIpc) is 1.59. The van der Waals surface area contributed by atoms with Crippen molar-refractivity contribution in [2.75, 3.05) is 87.4 Å². The standard InChI is InChI=1S/C41H52N11O14PSi.C40H51N11O13P2Si.C2H7OP/c1-22(2)35(54)49-39-48-34-29(37(56)50-39)46-21-52(34)38-31(64-40(57)58)30(66-68(7,8)41(3,4)5)26(63-38)18-61-67(59,60-15-14-42-6)65-24-16-27(62-25(24)17-53)51-20-45-28-32(43-19-44-33(28)51)47-36(55)23-12-10-9-11-13-23;1-22(2)35(52)48-39-47-34-29(37(54)49-39)45-21-51(34)38-31-30(64-67(7,8)40(3,4)5)26(61-38)18-59-66(56,58-15-14-41-6)63-24-16-27(60-25(24)17-57-65(55)62-31)50-20-44-28-32(42-19-43-33(28)50)46-36(53)23-12-10-9-11-13-23;1-3-2-4/h9-13,19-22,24-27,30-31,38,53H,14-18H2,1-5,7-8H3,(H,57,58)(H,43,44,47,55)(H2,48,49,50,54,56);9-13,19-22,24-27,30-31,38,55H,14-18H2,1-5,7-8H3,(H,42,43,46,53)(H2,47,48,49,52,54);2,4H2,1H3/t24-,25+,26+,27+,30+,31+,38+,67?;24-,25+,26+,27+,30+,31+,38+,65?,66?;/m00./s1/i;;1D. The first kappa shape index (κ1) is 104. The summed E-state index contributed by atoms with van der Waals surface area (Å²) in [5.41, 5.74) is 0.161. The second kappa shape index (κ2) is 45.1. The predicted molar refractivity (Wildman–Crippen MR) is 505 cm³/mol. The van der Waals surface area contributed by atoms with Gasteiger partial charge in [-0.15, -0.1) is 9.24 Å². The van der Waals surface area contributed by atoms with Crippen LogP contribution in [0.4, 0.5) is 28.3 Å². The van der Waals surface area contributed by atoms with E-state index in [9.17, 15) is 57.8 Å². The lowest BCUT2D eigenvalue weighted by molar-refractivity contribution is -0.119. The summed E-state index contributed by atoms with van der Waals surface area (Å²) in [7, 11) is -15.3. The van der Waals surface area contributed by atoms with Crippen molar-refractivity contribution in [2.24, 2.45) is 11.8 Å². The third kappa shape index (κ3) is 25.0. The predicted octanol–water partition coefficient (Wildman–Crippen LogP) is 10.8. The maximum absolute atomic E-state index is 14.8. The average molecular weight is 2040 g/mol. The molecule has 5 saturated heterocycles. The topological polar surface area (TPSA) is 599 Å². The molecule has 748 valence electrons. The fraction of sp³-hybridized carbons (Fsp3) is 0.530. The highest BCUT2D eigenvalue weighted by molar-refractivity contribution is 7.48. The number of methoxy groups -OCH3 is 1. The fourth-order valence-corrected chi connectivity index (χ4v) is 20.5. The third-order valence-electron chi connectivity index (χ3n) is 23.5. The van der Waals surface area contributed by atoms with E-state index in [2.05, 4.69) is 105 Å². The van der Waals surface area contributed by atoms with Crippen LogP contribution in [-0.4, -0.2) is 267 Å². The number of carbonyl (C=O) groups is 5. The van der Waals surface area contributed by atoms with E-state index in [1.807, 2.05) is 67.7 Å². The second-order valence-corrected chi connectivity index (χ2v) is 49.8. The van der Waals surface area contributed by atoms with Gasteiger partial charge in [0.2, 0.25) is 36.8 Å². The Morgan fingerprint density at radius 3 is 1.65 bits per heavy atom. The molecule has 10 aromatic rings. The summed E-state index contributed by atoms with van der Waals surface area (Å²) in [5, 5.41) is 30.4. The van der Waals surface area contributed by atoms with Crippen LogP contribution < -0.4 is 32.4 Å². The van der Waals surface area contributed by atoms with Gasteiger partial charge < -0.3 is 81.8 Å². The van der Waals surface area contributed by atoms with Crippen molar-refractivity contribution in [3.05, 3.63) is 153 Å². The van der Waals surface area contributed by atoms with Crippen molar-refractivity contribution in [1.29, 1.82) is 0 Å². The number of phosphoric ester groups is 2. The Balaban J connectivity index is 0.000000225. The van der Waals surface area contributed by atoms with E-state index in [-0.39, 0.29) is 114 Å². The van der Waals surface area contributed by atoms with Crippen LogP contribution in [0.15, 0.2) is 108 Å². The SMILES string of the molecule is [2H]COCP.[C-]#[N+]CCOP(=O)(OC[C@H]1O[C@@H](n2cnc3c(=O)[nH]c(NC(=O)C(C)C)nc32)[C@H](OC(=O)O)[C@@H]1O[Si](C)(C)C(C)(C)C)O[C@H]1C[C@H](n2cnc3c(NC(=O)c4ccccc4)ncnc32)O[C@@H]1CO.[C-]#[N+]CCOP1(=O)OC[C@H]2O[C@@H](n3cnc4c(=O)[nH]c(NC(=O)C(C)C)nc43)[C@H](OP(O)OC[C@H]3O[C@@H](n4cnc5c(NC(=O)c6ccccc6)ncnc54)C[C@@H]3O1)[C@@H]2O[Si](C)(C)C(C)(C)C. The van der Waals surface area contributed by atoms with Crippen LogP contribution in [0.2, 0.25) is 36.3 Å². The molecular weight excluding hydrogens is 1930 g/mol. The highest BCUT2D eigenvalue weighted by Gasteiger charge is 2.58. The number of carboxylic acid groups (broad SMARTS) is 1. The zero-order valence-electron chi connectivity index (χ0n) is 79.1. The first-order valence-corrected chi connectivity index (χ1v) is 54.4. The molecule has 5 aliphatic heterocycles. The minimum atomic E-state index is -4.75. The number of aromatic nitrogens is 16. The molecule has 15 rings (SSSR count). The highest BCUT2D eigenvalue weighted by atomic mass is 31.2. The van der Waals surface area contributed by atoms with E-state index >= 15 is 0 Å². The van der Waals surface area contributed by atoms with Crippen molar-refractivity contribution in [3.63, 3.8) is 0 Å². The molecule has 0 radical (unpaired) electrons. The number of nitrogens with one attached hydrogen (secondary N) is 6. The lowest BCUT2D eigenvalue weighted by atomic mass is 10.1. The molecule has 2 bridgehead atoms. The van der Waals surface area contributed by atoms with Crippen molar-refractivity contribution in [1.82, 2.24) is 78.1 Å². The van der Waals surface area contributed by atoms with Gasteiger partial charge in [0.25, 0.3) is 22.9 Å². The zero-order chi connectivity index (χ0) is 101. The number of hydrogen-bond acceptors (Lipinski definition) is 37. The van der Waals surface area contributed by atoms with E-state index < -0.39 is 211 Å². The molecule has 5 aliphatic rings. The number of ether oxygens (including phenoxy) is 6. The molecule has 13 heterocycles. The van der Waals surface area contributed by atoms with Crippen LogP contribution >= 0.6 is 33.5 Å². The summed E-state index contributed by atoms with van der Waals surface area (Å²) in [6.07, 6.45) is -9.48. The quantitative estimate of drug-likeness (QED) is 0.00664. The molecular formula is C83H110N22O28P4Si2. The molecule has 18 atom stereocenters. The van der Waals surface area contributed by atoms with Gasteiger partial charge >= 0.3 is 30.4 Å². The lowest BCUT2D eigenvalue weighted by Crippen LogP contribution is -2.50. The van der Waals surface area contributed by atoms with Gasteiger partial charge in [0.1, 0.15) is 93.3 Å². The molecule has 0 saturated carbocycles. The smallest absolute Gasteiger partial charge is 0.450 e. The van der Waals surface area contributed by atoms with Crippen molar-refractivity contribution < 1.29 is 123 Å². The van der Waals surface area contributed by atoms with E-state index in [0.29, 0.717) is 23.1 Å². The number of amides is 4. The molecule has 8 aromatic heterocycles. The first-order valence-electron chi connectivity index (χ1n) is 44.5. The minimum absolute atomic E-state index is 0.00562. The summed E-state index contributed by atoms with van der Waals surface area (Å²) in [6, 6.07) is 17.1.